The molecule has 0 radical (unpaired) electrons. The highest BCUT2D eigenvalue weighted by Crippen LogP contribution is 2.22. The van der Waals surface area contributed by atoms with Gasteiger partial charge in [0.2, 0.25) is 5.95 Å². The first-order valence-electron chi connectivity index (χ1n) is 8.09. The van der Waals surface area contributed by atoms with Crippen molar-refractivity contribution >= 4 is 23.2 Å². The molecule has 8 heteroatoms. The van der Waals surface area contributed by atoms with Crippen molar-refractivity contribution in [1.29, 1.82) is 0 Å². The van der Waals surface area contributed by atoms with Crippen LogP contribution >= 0.6 is 11.6 Å². The van der Waals surface area contributed by atoms with E-state index in [0.717, 1.165) is 28.1 Å². The van der Waals surface area contributed by atoms with Gasteiger partial charge in [0.05, 0.1) is 5.69 Å². The molecule has 4 rings (SSSR count). The van der Waals surface area contributed by atoms with Crippen LogP contribution in [0.15, 0.2) is 43.0 Å². The van der Waals surface area contributed by atoms with E-state index in [2.05, 4.69) is 43.5 Å². The molecule has 7 nitrogen and oxygen atoms in total. The van der Waals surface area contributed by atoms with Gasteiger partial charge in [-0.3, -0.25) is 14.4 Å². The van der Waals surface area contributed by atoms with Gasteiger partial charge in [0.1, 0.15) is 11.5 Å². The summed E-state index contributed by atoms with van der Waals surface area (Å²) < 4.78 is 1.75. The van der Waals surface area contributed by atoms with Crippen molar-refractivity contribution in [2.45, 2.75) is 20.4 Å². The van der Waals surface area contributed by atoms with Crippen LogP contribution in [0.25, 0.3) is 16.9 Å². The fraction of sp³-hybridized carbons (Fsp3) is 0.167. The second-order valence-corrected chi connectivity index (χ2v) is 6.40. The number of pyridine rings is 2. The Balaban J connectivity index is 1.54. The number of anilines is 1. The van der Waals surface area contributed by atoms with Crippen LogP contribution in [0.5, 0.6) is 0 Å². The summed E-state index contributed by atoms with van der Waals surface area (Å²) in [5, 5.41) is 11.8. The second-order valence-electron chi connectivity index (χ2n) is 6.01. The molecule has 0 aromatic carbocycles. The molecule has 0 saturated heterocycles. The number of halogens is 1. The lowest BCUT2D eigenvalue weighted by molar-refractivity contribution is 1.00. The topological polar surface area (TPSA) is 80.9 Å². The van der Waals surface area contributed by atoms with Crippen LogP contribution in [0.1, 0.15) is 16.8 Å². The summed E-state index contributed by atoms with van der Waals surface area (Å²) in [5.74, 6) is 0.607. The Morgan fingerprint density at radius 1 is 1.08 bits per heavy atom. The molecule has 0 amide bonds. The summed E-state index contributed by atoms with van der Waals surface area (Å²) in [4.78, 5) is 12.9. The largest absolute Gasteiger partial charge is 0.350 e. The molecule has 0 fully saturated rings. The summed E-state index contributed by atoms with van der Waals surface area (Å²) in [7, 11) is 0. The molecule has 4 aromatic rings. The molecule has 1 N–H and O–H groups in total. The molecule has 4 aromatic heterocycles. The average Bonchev–Trinajstić information content (AvgIpc) is 3.02. The van der Waals surface area contributed by atoms with E-state index < -0.39 is 0 Å². The quantitative estimate of drug-likeness (QED) is 0.558. The van der Waals surface area contributed by atoms with Crippen molar-refractivity contribution in [1.82, 2.24) is 29.5 Å². The Bertz CT molecular complexity index is 1090. The number of fused-ring (bicyclic) bond motifs is 1. The lowest BCUT2D eigenvalue weighted by Crippen LogP contribution is -2.05. The van der Waals surface area contributed by atoms with Crippen LogP contribution in [-0.4, -0.2) is 29.5 Å². The molecular weight excluding hydrogens is 350 g/mol. The maximum absolute atomic E-state index is 5.87. The first-order valence-corrected chi connectivity index (χ1v) is 8.46. The maximum Gasteiger partial charge on any atom is 0.230 e. The first kappa shape index (κ1) is 16.4. The monoisotopic (exact) mass is 365 g/mol. The SMILES string of the molecule is Cc1cc(-c2ncc(CNc3nnc4cc(Cl)ncn34)cc2C)ccn1. The number of hydrogen-bond donors (Lipinski definition) is 1. The number of aromatic nitrogens is 6. The molecule has 26 heavy (non-hydrogen) atoms. The fourth-order valence-electron chi connectivity index (χ4n) is 2.80. The molecule has 0 spiro atoms. The molecule has 0 aliphatic heterocycles. The Morgan fingerprint density at radius 3 is 2.77 bits per heavy atom. The maximum atomic E-state index is 5.87. The predicted octanol–water partition coefficient (Wildman–Crippen LogP) is 3.46. The zero-order valence-electron chi connectivity index (χ0n) is 14.3. The van der Waals surface area contributed by atoms with Gasteiger partial charge in [-0.25, -0.2) is 4.98 Å². The second kappa shape index (κ2) is 6.68. The molecule has 0 atom stereocenters. The minimum absolute atomic E-state index is 0.387. The summed E-state index contributed by atoms with van der Waals surface area (Å²) in [6, 6.07) is 7.79. The number of nitrogens with one attached hydrogen (secondary N) is 1. The van der Waals surface area contributed by atoms with Crippen molar-refractivity contribution in [3.8, 4) is 11.3 Å². The van der Waals surface area contributed by atoms with E-state index >= 15 is 0 Å². The van der Waals surface area contributed by atoms with Gasteiger partial charge in [0.25, 0.3) is 0 Å². The molecule has 4 heterocycles. The number of hydrogen-bond acceptors (Lipinski definition) is 6. The van der Waals surface area contributed by atoms with E-state index in [9.17, 15) is 0 Å². The zero-order chi connectivity index (χ0) is 18.1. The normalized spacial score (nSPS) is 11.0. The van der Waals surface area contributed by atoms with Gasteiger partial charge < -0.3 is 5.32 Å². The Kier molecular flexibility index (Phi) is 4.22. The fourth-order valence-corrected chi connectivity index (χ4v) is 2.94. The molecule has 0 saturated carbocycles. The van der Waals surface area contributed by atoms with Crippen LogP contribution < -0.4 is 5.32 Å². The highest BCUT2D eigenvalue weighted by Gasteiger charge is 2.08. The summed E-state index contributed by atoms with van der Waals surface area (Å²) in [6.45, 7) is 4.61. The van der Waals surface area contributed by atoms with Gasteiger partial charge in [-0.05, 0) is 37.1 Å². The van der Waals surface area contributed by atoms with Gasteiger partial charge >= 0.3 is 0 Å². The van der Waals surface area contributed by atoms with Crippen LogP contribution in [0, 0.1) is 13.8 Å². The zero-order valence-corrected chi connectivity index (χ0v) is 15.1. The minimum Gasteiger partial charge on any atom is -0.350 e. The van der Waals surface area contributed by atoms with Crippen molar-refractivity contribution in [2.24, 2.45) is 0 Å². The summed E-state index contributed by atoms with van der Waals surface area (Å²) in [5.41, 5.74) is 5.81. The van der Waals surface area contributed by atoms with Crippen LogP contribution in [0.2, 0.25) is 5.15 Å². The predicted molar refractivity (Wildman–Crippen MR) is 100 cm³/mol. The van der Waals surface area contributed by atoms with Crippen molar-refractivity contribution in [3.63, 3.8) is 0 Å². The van der Waals surface area contributed by atoms with E-state index in [0.29, 0.717) is 23.3 Å². The standard InChI is InChI=1S/C18H16ClN7/c1-11-5-13(8-21-17(11)14-3-4-20-12(2)6-14)9-22-18-25-24-16-7-15(19)23-10-26(16)18/h3-8,10H,9H2,1-2H3,(H,22,25). The Hall–Kier alpha value is -3.06. The summed E-state index contributed by atoms with van der Waals surface area (Å²) >= 11 is 5.87. The van der Waals surface area contributed by atoms with Crippen LogP contribution in [0.4, 0.5) is 5.95 Å². The first-order chi connectivity index (χ1) is 12.6. The molecular formula is C18H16ClN7. The number of nitrogens with zero attached hydrogens (tertiary/aromatic N) is 6. The van der Waals surface area contributed by atoms with Crippen molar-refractivity contribution in [2.75, 3.05) is 5.32 Å². The third kappa shape index (κ3) is 3.21. The highest BCUT2D eigenvalue weighted by molar-refractivity contribution is 6.29. The minimum atomic E-state index is 0.387. The molecule has 0 bridgehead atoms. The summed E-state index contributed by atoms with van der Waals surface area (Å²) in [6.07, 6.45) is 5.26. The molecule has 0 unspecified atom stereocenters. The van der Waals surface area contributed by atoms with E-state index in [1.54, 1.807) is 23.0 Å². The molecule has 0 aliphatic carbocycles. The van der Waals surface area contributed by atoms with E-state index in [1.807, 2.05) is 25.3 Å². The lowest BCUT2D eigenvalue weighted by Gasteiger charge is -2.09. The lowest BCUT2D eigenvalue weighted by atomic mass is 10.1. The third-order valence-electron chi connectivity index (χ3n) is 4.02. The number of aryl methyl sites for hydroxylation is 2. The van der Waals surface area contributed by atoms with Gasteiger partial charge in [-0.2, -0.15) is 0 Å². The van der Waals surface area contributed by atoms with E-state index in [1.165, 1.54) is 0 Å². The average molecular weight is 366 g/mol. The smallest absolute Gasteiger partial charge is 0.230 e. The van der Waals surface area contributed by atoms with Crippen molar-refractivity contribution < 1.29 is 0 Å². The Morgan fingerprint density at radius 2 is 1.96 bits per heavy atom. The third-order valence-corrected chi connectivity index (χ3v) is 4.23. The van der Waals surface area contributed by atoms with Gasteiger partial charge in [0.15, 0.2) is 5.65 Å². The molecule has 0 aliphatic rings. The van der Waals surface area contributed by atoms with E-state index in [4.69, 9.17) is 11.6 Å². The van der Waals surface area contributed by atoms with Crippen molar-refractivity contribution in [3.05, 3.63) is 65.0 Å². The Labute approximate surface area is 155 Å². The van der Waals surface area contributed by atoms with Crippen LogP contribution in [0.3, 0.4) is 0 Å². The van der Waals surface area contributed by atoms with Gasteiger partial charge in [-0.15, -0.1) is 10.2 Å². The van der Waals surface area contributed by atoms with E-state index in [-0.39, 0.29) is 0 Å². The number of rotatable bonds is 4. The van der Waals surface area contributed by atoms with Gasteiger partial charge in [0, 0.05) is 36.3 Å². The van der Waals surface area contributed by atoms with Gasteiger partial charge in [-0.1, -0.05) is 17.7 Å². The molecule has 130 valence electrons. The van der Waals surface area contributed by atoms with Crippen LogP contribution in [-0.2, 0) is 6.54 Å². The highest BCUT2D eigenvalue weighted by atomic mass is 35.5.